The van der Waals surface area contributed by atoms with Crippen LogP contribution in [-0.4, -0.2) is 9.61 Å². The fraction of sp³-hybridized carbons (Fsp3) is 0.154. The number of benzene rings is 1. The van der Waals surface area contributed by atoms with Crippen molar-refractivity contribution in [3.8, 4) is 11.3 Å². The summed E-state index contributed by atoms with van der Waals surface area (Å²) in [6.45, 7) is 1.63. The number of nitrogens with zero attached hydrogens (tertiary/aromatic N) is 2. The van der Waals surface area contributed by atoms with Gasteiger partial charge >= 0.3 is 6.18 Å². The highest BCUT2D eigenvalue weighted by Gasteiger charge is 2.35. The van der Waals surface area contributed by atoms with Gasteiger partial charge in [0, 0.05) is 16.7 Å². The summed E-state index contributed by atoms with van der Waals surface area (Å²) in [4.78, 5) is 0. The van der Waals surface area contributed by atoms with Gasteiger partial charge in [0.15, 0.2) is 5.69 Å². The van der Waals surface area contributed by atoms with E-state index >= 15 is 0 Å². The quantitative estimate of drug-likeness (QED) is 0.610. The van der Waals surface area contributed by atoms with Gasteiger partial charge in [0.25, 0.3) is 0 Å². The standard InChI is InChI=1S/C13H7Cl2F3N2O/c1-6-12(8-3-2-7(14)4-9(8)15)20-11(21-6)5-10(19-20)13(16,17)18/h2-5H,1H3. The topological polar surface area (TPSA) is 30.4 Å². The lowest BCUT2D eigenvalue weighted by Gasteiger charge is -2.04. The van der Waals surface area contributed by atoms with Gasteiger partial charge in [-0.05, 0) is 25.1 Å². The van der Waals surface area contributed by atoms with Gasteiger partial charge in [-0.3, -0.25) is 0 Å². The molecule has 3 aromatic rings. The van der Waals surface area contributed by atoms with Crippen molar-refractivity contribution in [2.24, 2.45) is 0 Å². The number of hydrogen-bond acceptors (Lipinski definition) is 2. The first-order chi connectivity index (χ1) is 9.77. The molecule has 1 aromatic carbocycles. The van der Waals surface area contributed by atoms with E-state index in [4.69, 9.17) is 27.6 Å². The third kappa shape index (κ3) is 2.38. The smallest absolute Gasteiger partial charge is 0.435 e. The van der Waals surface area contributed by atoms with E-state index in [-0.39, 0.29) is 5.71 Å². The van der Waals surface area contributed by atoms with Crippen molar-refractivity contribution < 1.29 is 17.6 Å². The Bertz CT molecular complexity index is 836. The van der Waals surface area contributed by atoms with Gasteiger partial charge in [-0.15, -0.1) is 0 Å². The molecular weight excluding hydrogens is 328 g/mol. The molecule has 3 nitrogen and oxygen atoms in total. The van der Waals surface area contributed by atoms with Crippen LogP contribution in [0.15, 0.2) is 28.7 Å². The van der Waals surface area contributed by atoms with Crippen molar-refractivity contribution in [1.29, 1.82) is 0 Å². The molecule has 2 heterocycles. The maximum absolute atomic E-state index is 12.7. The van der Waals surface area contributed by atoms with Crippen LogP contribution in [0.5, 0.6) is 0 Å². The number of oxazole rings is 1. The van der Waals surface area contributed by atoms with Crippen LogP contribution in [-0.2, 0) is 6.18 Å². The SMILES string of the molecule is Cc1oc2cc(C(F)(F)F)nn2c1-c1ccc(Cl)cc1Cl. The molecule has 0 aliphatic rings. The van der Waals surface area contributed by atoms with Crippen LogP contribution in [0.2, 0.25) is 10.0 Å². The average molecular weight is 335 g/mol. The third-order valence-electron chi connectivity index (χ3n) is 2.96. The Hall–Kier alpha value is -1.66. The summed E-state index contributed by atoms with van der Waals surface area (Å²) < 4.78 is 44.5. The van der Waals surface area contributed by atoms with Crippen LogP contribution in [0.3, 0.4) is 0 Å². The molecule has 0 radical (unpaired) electrons. The molecule has 0 atom stereocenters. The molecule has 0 aliphatic carbocycles. The van der Waals surface area contributed by atoms with Crippen LogP contribution in [0.1, 0.15) is 11.5 Å². The van der Waals surface area contributed by atoms with Crippen molar-refractivity contribution in [1.82, 2.24) is 9.61 Å². The average Bonchev–Trinajstić information content (AvgIpc) is 2.87. The van der Waals surface area contributed by atoms with Crippen molar-refractivity contribution in [3.05, 3.63) is 45.8 Å². The van der Waals surface area contributed by atoms with E-state index in [1.54, 1.807) is 19.1 Å². The lowest BCUT2D eigenvalue weighted by Crippen LogP contribution is -2.06. The first-order valence-corrected chi connectivity index (χ1v) is 6.55. The zero-order chi connectivity index (χ0) is 15.4. The predicted octanol–water partition coefficient (Wildman–Crippen LogP) is 5.23. The molecule has 0 unspecified atom stereocenters. The van der Waals surface area contributed by atoms with E-state index < -0.39 is 11.9 Å². The van der Waals surface area contributed by atoms with Gasteiger partial charge in [-0.2, -0.15) is 22.8 Å². The number of alkyl halides is 3. The van der Waals surface area contributed by atoms with Crippen LogP contribution in [0.25, 0.3) is 17.0 Å². The molecule has 2 aromatic heterocycles. The highest BCUT2D eigenvalue weighted by molar-refractivity contribution is 6.36. The van der Waals surface area contributed by atoms with Gasteiger partial charge in [-0.25, -0.2) is 0 Å². The van der Waals surface area contributed by atoms with E-state index in [1.807, 2.05) is 0 Å². The second-order valence-corrected chi connectivity index (χ2v) is 5.25. The number of aromatic nitrogens is 2. The van der Waals surface area contributed by atoms with E-state index in [0.717, 1.165) is 10.6 Å². The normalized spacial score (nSPS) is 12.3. The molecule has 0 saturated carbocycles. The van der Waals surface area contributed by atoms with Crippen LogP contribution < -0.4 is 0 Å². The highest BCUT2D eigenvalue weighted by Crippen LogP contribution is 2.36. The minimum absolute atomic E-state index is 0.000779. The second-order valence-electron chi connectivity index (χ2n) is 4.41. The van der Waals surface area contributed by atoms with Crippen LogP contribution in [0, 0.1) is 6.92 Å². The van der Waals surface area contributed by atoms with Gasteiger partial charge in [0.1, 0.15) is 11.5 Å². The molecule has 8 heteroatoms. The first-order valence-electron chi connectivity index (χ1n) is 5.79. The minimum Gasteiger partial charge on any atom is -0.441 e. The van der Waals surface area contributed by atoms with Gasteiger partial charge in [0.2, 0.25) is 5.71 Å². The summed E-state index contributed by atoms with van der Waals surface area (Å²) in [7, 11) is 0. The Labute approximate surface area is 126 Å². The zero-order valence-electron chi connectivity index (χ0n) is 10.5. The third-order valence-corrected chi connectivity index (χ3v) is 3.50. The van der Waals surface area contributed by atoms with Crippen LogP contribution in [0.4, 0.5) is 13.2 Å². The van der Waals surface area contributed by atoms with Gasteiger partial charge in [0.05, 0.1) is 5.02 Å². The van der Waals surface area contributed by atoms with Crippen LogP contribution >= 0.6 is 23.2 Å². The Morgan fingerprint density at radius 3 is 2.52 bits per heavy atom. The summed E-state index contributed by atoms with van der Waals surface area (Å²) in [5, 5.41) is 4.28. The van der Waals surface area contributed by atoms with E-state index in [9.17, 15) is 13.2 Å². The van der Waals surface area contributed by atoms with Crippen molar-refractivity contribution in [2.45, 2.75) is 13.1 Å². The van der Waals surface area contributed by atoms with Crippen molar-refractivity contribution in [2.75, 3.05) is 0 Å². The zero-order valence-corrected chi connectivity index (χ0v) is 12.0. The molecule has 0 aliphatic heterocycles. The van der Waals surface area contributed by atoms with E-state index in [2.05, 4.69) is 5.10 Å². The molecule has 110 valence electrons. The molecule has 0 bridgehead atoms. The molecule has 0 N–H and O–H groups in total. The van der Waals surface area contributed by atoms with Gasteiger partial charge in [-0.1, -0.05) is 23.2 Å². The molecule has 21 heavy (non-hydrogen) atoms. The summed E-state index contributed by atoms with van der Waals surface area (Å²) in [6.07, 6.45) is -4.54. The number of rotatable bonds is 1. The fourth-order valence-corrected chi connectivity index (χ4v) is 2.57. The summed E-state index contributed by atoms with van der Waals surface area (Å²) in [5.74, 6) is 0.412. The number of hydrogen-bond donors (Lipinski definition) is 0. The Kier molecular flexibility index (Phi) is 3.18. The monoisotopic (exact) mass is 334 g/mol. The number of halogens is 5. The minimum atomic E-state index is -4.54. The van der Waals surface area contributed by atoms with Gasteiger partial charge < -0.3 is 4.42 Å². The number of aryl methyl sites for hydroxylation is 1. The molecule has 0 amide bonds. The lowest BCUT2D eigenvalue weighted by molar-refractivity contribution is -0.141. The molecule has 3 rings (SSSR count). The predicted molar refractivity (Wildman–Crippen MR) is 72.7 cm³/mol. The summed E-state index contributed by atoms with van der Waals surface area (Å²) in [6, 6.07) is 5.55. The van der Waals surface area contributed by atoms with Crippen molar-refractivity contribution in [3.63, 3.8) is 0 Å². The Balaban J connectivity index is 2.26. The Morgan fingerprint density at radius 2 is 1.90 bits per heavy atom. The Morgan fingerprint density at radius 1 is 1.19 bits per heavy atom. The maximum Gasteiger partial charge on any atom is 0.435 e. The molecule has 0 saturated heterocycles. The number of fused-ring (bicyclic) bond motifs is 1. The van der Waals surface area contributed by atoms with E-state index in [0.29, 0.717) is 27.1 Å². The summed E-state index contributed by atoms with van der Waals surface area (Å²) in [5.41, 5.74) is -0.162. The van der Waals surface area contributed by atoms with E-state index in [1.165, 1.54) is 6.07 Å². The second kappa shape index (κ2) is 4.68. The molecule has 0 spiro atoms. The highest BCUT2D eigenvalue weighted by atomic mass is 35.5. The maximum atomic E-state index is 12.7. The first kappa shape index (κ1) is 14.3. The largest absolute Gasteiger partial charge is 0.441 e. The fourth-order valence-electron chi connectivity index (χ4n) is 2.07. The summed E-state index contributed by atoms with van der Waals surface area (Å²) >= 11 is 11.9. The molecular formula is C13H7Cl2F3N2O. The lowest BCUT2D eigenvalue weighted by atomic mass is 10.1. The molecule has 0 fully saturated rings. The van der Waals surface area contributed by atoms with Crippen molar-refractivity contribution >= 4 is 28.9 Å².